The number of anilines is 3. The van der Waals surface area contributed by atoms with Crippen LogP contribution < -0.4 is 15.5 Å². The zero-order chi connectivity index (χ0) is 17.8. The Morgan fingerprint density at radius 2 is 2.08 bits per heavy atom. The number of benzene rings is 1. The normalized spacial score (nSPS) is 15.9. The van der Waals surface area contributed by atoms with E-state index in [9.17, 15) is 9.59 Å². The lowest BCUT2D eigenvalue weighted by Crippen LogP contribution is -2.30. The van der Waals surface area contributed by atoms with E-state index in [1.807, 2.05) is 55.4 Å². The van der Waals surface area contributed by atoms with Gasteiger partial charge in [-0.3, -0.25) is 9.59 Å². The Labute approximate surface area is 147 Å². The molecule has 6 heteroatoms. The monoisotopic (exact) mass is 338 g/mol. The first-order chi connectivity index (χ1) is 12.0. The predicted octanol–water partition coefficient (Wildman–Crippen LogP) is 2.68. The fourth-order valence-corrected chi connectivity index (χ4v) is 2.90. The molecule has 0 saturated heterocycles. The minimum absolute atomic E-state index is 0.0106. The van der Waals surface area contributed by atoms with Crippen LogP contribution in [0.1, 0.15) is 18.4 Å². The molecule has 0 spiro atoms. The van der Waals surface area contributed by atoms with Crippen LogP contribution in [0.25, 0.3) is 0 Å². The molecule has 130 valence electrons. The zero-order valence-electron chi connectivity index (χ0n) is 14.5. The summed E-state index contributed by atoms with van der Waals surface area (Å²) in [6.07, 6.45) is 3.13. The third-order valence-electron chi connectivity index (χ3n) is 4.32. The lowest BCUT2D eigenvalue weighted by atomic mass is 9.89. The van der Waals surface area contributed by atoms with Crippen LogP contribution in [0, 0.1) is 5.92 Å². The third-order valence-corrected chi connectivity index (χ3v) is 4.32. The minimum Gasteiger partial charge on any atom is -0.363 e. The molecular weight excluding hydrogens is 316 g/mol. The first-order valence-electron chi connectivity index (χ1n) is 8.35. The summed E-state index contributed by atoms with van der Waals surface area (Å²) >= 11 is 0. The van der Waals surface area contributed by atoms with E-state index in [0.29, 0.717) is 24.9 Å². The number of nitrogens with one attached hydrogen (secondary N) is 2. The van der Waals surface area contributed by atoms with Gasteiger partial charge in [-0.1, -0.05) is 18.2 Å². The van der Waals surface area contributed by atoms with Gasteiger partial charge in [-0.15, -0.1) is 0 Å². The Kier molecular flexibility index (Phi) is 4.97. The van der Waals surface area contributed by atoms with Gasteiger partial charge in [-0.05, 0) is 36.6 Å². The lowest BCUT2D eigenvalue weighted by Gasteiger charge is -2.24. The lowest BCUT2D eigenvalue weighted by molar-refractivity contribution is -0.121. The number of amides is 2. The largest absolute Gasteiger partial charge is 0.363 e. The molecule has 1 aliphatic heterocycles. The van der Waals surface area contributed by atoms with Crippen molar-refractivity contribution in [1.82, 2.24) is 4.98 Å². The molecule has 1 atom stereocenters. The summed E-state index contributed by atoms with van der Waals surface area (Å²) in [6.45, 7) is 0. The molecule has 1 aromatic heterocycles. The Hall–Kier alpha value is -2.89. The maximum Gasteiger partial charge on any atom is 0.227 e. The highest BCUT2D eigenvalue weighted by molar-refractivity contribution is 5.96. The first-order valence-corrected chi connectivity index (χ1v) is 8.35. The summed E-state index contributed by atoms with van der Waals surface area (Å²) in [4.78, 5) is 30.5. The number of hydrogen-bond acceptors (Lipinski definition) is 4. The van der Waals surface area contributed by atoms with E-state index < -0.39 is 0 Å². The van der Waals surface area contributed by atoms with Crippen molar-refractivity contribution in [2.24, 2.45) is 5.92 Å². The van der Waals surface area contributed by atoms with Crippen molar-refractivity contribution in [2.45, 2.75) is 19.3 Å². The average Bonchev–Trinajstić information content (AvgIpc) is 2.60. The topological polar surface area (TPSA) is 74.3 Å². The van der Waals surface area contributed by atoms with Crippen LogP contribution in [-0.2, 0) is 16.0 Å². The predicted molar refractivity (Wildman–Crippen MR) is 98.7 cm³/mol. The maximum atomic E-state index is 12.2. The van der Waals surface area contributed by atoms with Gasteiger partial charge < -0.3 is 15.5 Å². The summed E-state index contributed by atoms with van der Waals surface area (Å²) in [5.41, 5.74) is 2.66. The molecule has 0 saturated carbocycles. The van der Waals surface area contributed by atoms with Crippen LogP contribution in [0.4, 0.5) is 17.2 Å². The van der Waals surface area contributed by atoms with Gasteiger partial charge in [0.2, 0.25) is 11.8 Å². The highest BCUT2D eigenvalue weighted by Gasteiger charge is 2.26. The molecule has 2 aromatic rings. The van der Waals surface area contributed by atoms with Gasteiger partial charge >= 0.3 is 0 Å². The van der Waals surface area contributed by atoms with Crippen molar-refractivity contribution in [3.05, 3.63) is 48.2 Å². The van der Waals surface area contributed by atoms with Gasteiger partial charge in [-0.2, -0.15) is 0 Å². The number of rotatable bonds is 5. The molecule has 0 bridgehead atoms. The molecule has 6 nitrogen and oxygen atoms in total. The number of nitrogens with zero attached hydrogens (tertiary/aromatic N) is 2. The van der Waals surface area contributed by atoms with E-state index in [1.54, 1.807) is 6.20 Å². The van der Waals surface area contributed by atoms with E-state index in [2.05, 4.69) is 15.6 Å². The van der Waals surface area contributed by atoms with Crippen LogP contribution in [0.5, 0.6) is 0 Å². The fourth-order valence-electron chi connectivity index (χ4n) is 2.90. The Morgan fingerprint density at radius 3 is 2.80 bits per heavy atom. The second-order valence-corrected chi connectivity index (χ2v) is 6.43. The summed E-state index contributed by atoms with van der Waals surface area (Å²) in [5, 5.41) is 5.74. The Balaban J connectivity index is 1.53. The molecule has 2 N–H and O–H groups in total. The van der Waals surface area contributed by atoms with Crippen molar-refractivity contribution in [2.75, 3.05) is 29.6 Å². The Morgan fingerprint density at radius 1 is 1.28 bits per heavy atom. The van der Waals surface area contributed by atoms with Crippen molar-refractivity contribution in [3.8, 4) is 0 Å². The molecule has 0 radical (unpaired) electrons. The molecule has 25 heavy (non-hydrogen) atoms. The molecule has 0 unspecified atom stereocenters. The van der Waals surface area contributed by atoms with Crippen LogP contribution >= 0.6 is 0 Å². The van der Waals surface area contributed by atoms with Gasteiger partial charge in [0.25, 0.3) is 0 Å². The van der Waals surface area contributed by atoms with Crippen molar-refractivity contribution in [1.29, 1.82) is 0 Å². The first kappa shape index (κ1) is 17.0. The van der Waals surface area contributed by atoms with Crippen molar-refractivity contribution in [3.63, 3.8) is 0 Å². The molecule has 3 rings (SSSR count). The highest BCUT2D eigenvalue weighted by atomic mass is 16.2. The standard InChI is InChI=1S/C19H22N4O2/c1-23(2)17-9-8-15(12-20-17)21-18(24)10-7-14-11-13-5-3-4-6-16(13)22-19(14)25/h3-6,8-9,12,14H,7,10-11H2,1-2H3,(H,21,24)(H,22,25)/t14-/m1/s1. The molecule has 1 aliphatic rings. The van der Waals surface area contributed by atoms with E-state index in [0.717, 1.165) is 17.1 Å². The number of para-hydroxylation sites is 1. The zero-order valence-corrected chi connectivity index (χ0v) is 14.5. The number of aromatic nitrogens is 1. The van der Waals surface area contributed by atoms with E-state index in [4.69, 9.17) is 0 Å². The summed E-state index contributed by atoms with van der Waals surface area (Å²) in [5.74, 6) is 0.542. The fraction of sp³-hybridized carbons (Fsp3) is 0.316. The average molecular weight is 338 g/mol. The molecule has 2 heterocycles. The van der Waals surface area contributed by atoms with Crippen molar-refractivity contribution >= 4 is 29.0 Å². The molecule has 0 fully saturated rings. The number of hydrogen-bond donors (Lipinski definition) is 2. The molecular formula is C19H22N4O2. The number of carbonyl (C=O) groups excluding carboxylic acids is 2. The number of pyridine rings is 1. The minimum atomic E-state index is -0.171. The second kappa shape index (κ2) is 7.34. The summed E-state index contributed by atoms with van der Waals surface area (Å²) in [7, 11) is 3.82. The molecule has 0 aliphatic carbocycles. The highest BCUT2D eigenvalue weighted by Crippen LogP contribution is 2.27. The van der Waals surface area contributed by atoms with E-state index in [-0.39, 0.29) is 17.7 Å². The van der Waals surface area contributed by atoms with Gasteiger partial charge in [0.05, 0.1) is 11.9 Å². The van der Waals surface area contributed by atoms with E-state index >= 15 is 0 Å². The number of carbonyl (C=O) groups is 2. The molecule has 1 aromatic carbocycles. The van der Waals surface area contributed by atoms with Gasteiger partial charge in [-0.25, -0.2) is 4.98 Å². The second-order valence-electron chi connectivity index (χ2n) is 6.43. The quantitative estimate of drug-likeness (QED) is 0.879. The SMILES string of the molecule is CN(C)c1ccc(NC(=O)CC[C@@H]2Cc3ccccc3NC2=O)cn1. The van der Waals surface area contributed by atoms with Crippen LogP contribution in [0.3, 0.4) is 0 Å². The molecule has 2 amide bonds. The van der Waals surface area contributed by atoms with Crippen LogP contribution in [-0.4, -0.2) is 30.9 Å². The van der Waals surface area contributed by atoms with Crippen molar-refractivity contribution < 1.29 is 9.59 Å². The van der Waals surface area contributed by atoms with Gasteiger partial charge in [0.1, 0.15) is 5.82 Å². The maximum absolute atomic E-state index is 12.2. The number of fused-ring (bicyclic) bond motifs is 1. The Bertz CT molecular complexity index is 771. The summed E-state index contributed by atoms with van der Waals surface area (Å²) < 4.78 is 0. The smallest absolute Gasteiger partial charge is 0.227 e. The van der Waals surface area contributed by atoms with E-state index in [1.165, 1.54) is 0 Å². The van der Waals surface area contributed by atoms with Crippen LogP contribution in [0.15, 0.2) is 42.6 Å². The van der Waals surface area contributed by atoms with Crippen LogP contribution in [0.2, 0.25) is 0 Å². The third kappa shape index (κ3) is 4.15. The van der Waals surface area contributed by atoms with Gasteiger partial charge in [0, 0.05) is 32.1 Å². The van der Waals surface area contributed by atoms with Gasteiger partial charge in [0.15, 0.2) is 0 Å². The summed E-state index contributed by atoms with van der Waals surface area (Å²) in [6, 6.07) is 11.5.